The van der Waals surface area contributed by atoms with Crippen LogP contribution in [0.5, 0.6) is 0 Å². The molecule has 1 aromatic rings. The molecule has 0 aromatic heterocycles. The SMILES string of the molecule is CCOC(=O)CCNC(=O)C(c1ccc(C)cc1)N(CC#N)C(=O)C(CCC(N)=O)NC(=O)OC(C)(C)C. The van der Waals surface area contributed by atoms with Gasteiger partial charge in [0.25, 0.3) is 0 Å². The molecule has 2 atom stereocenters. The Labute approximate surface area is 222 Å². The molecule has 0 bridgehead atoms. The van der Waals surface area contributed by atoms with E-state index in [4.69, 9.17) is 15.2 Å². The van der Waals surface area contributed by atoms with E-state index in [2.05, 4.69) is 10.6 Å². The van der Waals surface area contributed by atoms with Gasteiger partial charge in [0.05, 0.1) is 19.1 Å². The smallest absolute Gasteiger partial charge is 0.408 e. The second-order valence-electron chi connectivity index (χ2n) is 9.49. The molecule has 0 fully saturated rings. The summed E-state index contributed by atoms with van der Waals surface area (Å²) >= 11 is 0. The summed E-state index contributed by atoms with van der Waals surface area (Å²) in [5.74, 6) is -2.64. The molecule has 1 rings (SSSR count). The maximum absolute atomic E-state index is 13.7. The predicted molar refractivity (Wildman–Crippen MR) is 137 cm³/mol. The lowest BCUT2D eigenvalue weighted by Crippen LogP contribution is -2.53. The zero-order valence-corrected chi connectivity index (χ0v) is 22.5. The van der Waals surface area contributed by atoms with Crippen molar-refractivity contribution in [1.82, 2.24) is 15.5 Å². The van der Waals surface area contributed by atoms with E-state index in [1.165, 1.54) is 0 Å². The highest BCUT2D eigenvalue weighted by atomic mass is 16.6. The summed E-state index contributed by atoms with van der Waals surface area (Å²) in [7, 11) is 0. The second-order valence-corrected chi connectivity index (χ2v) is 9.49. The van der Waals surface area contributed by atoms with Crippen LogP contribution >= 0.6 is 0 Å². The lowest BCUT2D eigenvalue weighted by atomic mass is 10.0. The van der Waals surface area contributed by atoms with Gasteiger partial charge in [-0.25, -0.2) is 4.79 Å². The first-order chi connectivity index (χ1) is 17.8. The van der Waals surface area contributed by atoms with Crippen LogP contribution < -0.4 is 16.4 Å². The highest BCUT2D eigenvalue weighted by Gasteiger charge is 2.36. The Hall–Kier alpha value is -4.14. The molecule has 4 N–H and O–H groups in total. The van der Waals surface area contributed by atoms with Crippen LogP contribution in [0.4, 0.5) is 4.79 Å². The largest absolute Gasteiger partial charge is 0.466 e. The van der Waals surface area contributed by atoms with Crippen molar-refractivity contribution < 1.29 is 33.4 Å². The standard InChI is InChI=1S/C26H37N5O7/c1-6-37-21(33)13-15-29-23(34)22(18-9-7-17(2)8-10-18)31(16-14-27)24(35)19(11-12-20(28)32)30-25(36)38-26(3,4)5/h7-10,19,22H,6,11-13,15-16H2,1-5H3,(H2,28,32)(H,29,34)(H,30,36). The van der Waals surface area contributed by atoms with Crippen LogP contribution in [-0.2, 0) is 28.7 Å². The molecule has 0 aliphatic rings. The van der Waals surface area contributed by atoms with Crippen molar-refractivity contribution in [1.29, 1.82) is 5.26 Å². The number of esters is 1. The van der Waals surface area contributed by atoms with Crippen LogP contribution in [0, 0.1) is 18.3 Å². The average molecular weight is 532 g/mol. The summed E-state index contributed by atoms with van der Waals surface area (Å²) in [6.07, 6.45) is -1.43. The number of benzene rings is 1. The molecular weight excluding hydrogens is 494 g/mol. The molecule has 0 heterocycles. The fourth-order valence-corrected chi connectivity index (χ4v) is 3.41. The number of ether oxygens (including phenoxy) is 2. The molecule has 208 valence electrons. The summed E-state index contributed by atoms with van der Waals surface area (Å²) in [5.41, 5.74) is 5.70. The number of amides is 4. The molecule has 4 amide bonds. The summed E-state index contributed by atoms with van der Waals surface area (Å²) in [5, 5.41) is 14.6. The zero-order chi connectivity index (χ0) is 28.9. The van der Waals surface area contributed by atoms with Crippen molar-refractivity contribution in [3.8, 4) is 6.07 Å². The molecule has 12 heteroatoms. The van der Waals surface area contributed by atoms with Crippen molar-refractivity contribution in [3.63, 3.8) is 0 Å². The first kappa shape index (κ1) is 31.9. The van der Waals surface area contributed by atoms with E-state index in [-0.39, 0.29) is 32.4 Å². The molecule has 0 aliphatic carbocycles. The normalized spacial score (nSPS) is 12.3. The third-order valence-electron chi connectivity index (χ3n) is 5.08. The molecule has 0 saturated heterocycles. The molecule has 0 radical (unpaired) electrons. The molecule has 38 heavy (non-hydrogen) atoms. The number of primary amides is 1. The van der Waals surface area contributed by atoms with Crippen molar-refractivity contribution in [2.24, 2.45) is 5.73 Å². The van der Waals surface area contributed by atoms with Gasteiger partial charge in [0, 0.05) is 13.0 Å². The first-order valence-electron chi connectivity index (χ1n) is 12.2. The van der Waals surface area contributed by atoms with Crippen LogP contribution in [0.25, 0.3) is 0 Å². The van der Waals surface area contributed by atoms with Gasteiger partial charge in [-0.15, -0.1) is 0 Å². The van der Waals surface area contributed by atoms with Crippen molar-refractivity contribution in [2.75, 3.05) is 19.7 Å². The van der Waals surface area contributed by atoms with Crippen LogP contribution in [0.15, 0.2) is 24.3 Å². The van der Waals surface area contributed by atoms with Gasteiger partial charge in [-0.2, -0.15) is 5.26 Å². The Kier molecular flexibility index (Phi) is 12.7. The Bertz CT molecular complexity index is 1030. The van der Waals surface area contributed by atoms with Gasteiger partial charge in [0.1, 0.15) is 24.2 Å². The van der Waals surface area contributed by atoms with E-state index in [9.17, 15) is 29.2 Å². The minimum atomic E-state index is -1.31. The number of carbonyl (C=O) groups excluding carboxylic acids is 5. The van der Waals surface area contributed by atoms with Crippen LogP contribution in [0.1, 0.15) is 64.1 Å². The number of nitrogens with two attached hydrogens (primary N) is 1. The van der Waals surface area contributed by atoms with E-state index in [0.29, 0.717) is 5.56 Å². The van der Waals surface area contributed by atoms with Gasteiger partial charge in [-0.05, 0) is 46.6 Å². The third kappa shape index (κ3) is 11.3. The zero-order valence-electron chi connectivity index (χ0n) is 22.5. The summed E-state index contributed by atoms with van der Waals surface area (Å²) in [6.45, 7) is 8.06. The number of hydrogen-bond acceptors (Lipinski definition) is 8. The quantitative estimate of drug-likeness (QED) is 0.253. The monoisotopic (exact) mass is 531 g/mol. The first-order valence-corrected chi connectivity index (χ1v) is 12.2. The van der Waals surface area contributed by atoms with Crippen LogP contribution in [-0.4, -0.2) is 66.0 Å². The van der Waals surface area contributed by atoms with Gasteiger partial charge in [-0.1, -0.05) is 29.8 Å². The van der Waals surface area contributed by atoms with Gasteiger partial charge >= 0.3 is 12.1 Å². The number of rotatable bonds is 13. The Morgan fingerprint density at radius 1 is 1.11 bits per heavy atom. The number of nitrogens with zero attached hydrogens (tertiary/aromatic N) is 2. The molecule has 2 unspecified atom stereocenters. The topological polar surface area (TPSA) is 181 Å². The Morgan fingerprint density at radius 2 is 1.74 bits per heavy atom. The maximum atomic E-state index is 13.7. The van der Waals surface area contributed by atoms with Crippen molar-refractivity contribution >= 4 is 29.8 Å². The number of nitriles is 1. The number of hydrogen-bond donors (Lipinski definition) is 3. The number of nitrogens with one attached hydrogen (secondary N) is 2. The number of carbonyl (C=O) groups is 5. The van der Waals surface area contributed by atoms with Crippen LogP contribution in [0.2, 0.25) is 0 Å². The minimum absolute atomic E-state index is 0.0596. The third-order valence-corrected chi connectivity index (χ3v) is 5.08. The maximum Gasteiger partial charge on any atom is 0.408 e. The van der Waals surface area contributed by atoms with E-state index in [1.807, 2.05) is 13.0 Å². The van der Waals surface area contributed by atoms with E-state index >= 15 is 0 Å². The molecule has 12 nitrogen and oxygen atoms in total. The van der Waals surface area contributed by atoms with Gasteiger partial charge in [0.15, 0.2) is 0 Å². The fraction of sp³-hybridized carbons (Fsp3) is 0.538. The predicted octanol–water partition coefficient (Wildman–Crippen LogP) is 1.62. The molecule has 0 spiro atoms. The summed E-state index contributed by atoms with van der Waals surface area (Å²) in [6, 6.07) is 6.06. The number of alkyl carbamates (subject to hydrolysis) is 1. The molecule has 0 saturated carbocycles. The van der Waals surface area contributed by atoms with Crippen molar-refractivity contribution in [3.05, 3.63) is 35.4 Å². The summed E-state index contributed by atoms with van der Waals surface area (Å²) < 4.78 is 10.1. The molecule has 0 aliphatic heterocycles. The highest BCUT2D eigenvalue weighted by Crippen LogP contribution is 2.24. The lowest BCUT2D eigenvalue weighted by Gasteiger charge is -2.33. The van der Waals surface area contributed by atoms with E-state index in [0.717, 1.165) is 10.5 Å². The summed E-state index contributed by atoms with van der Waals surface area (Å²) in [4.78, 5) is 63.6. The van der Waals surface area contributed by atoms with Gasteiger partial charge in [0.2, 0.25) is 17.7 Å². The van der Waals surface area contributed by atoms with Gasteiger partial charge < -0.3 is 30.7 Å². The minimum Gasteiger partial charge on any atom is -0.466 e. The highest BCUT2D eigenvalue weighted by molar-refractivity contribution is 5.92. The Balaban J connectivity index is 3.36. The van der Waals surface area contributed by atoms with Gasteiger partial charge in [-0.3, -0.25) is 19.2 Å². The van der Waals surface area contributed by atoms with Crippen LogP contribution in [0.3, 0.4) is 0 Å². The average Bonchev–Trinajstić information content (AvgIpc) is 2.81. The fourth-order valence-electron chi connectivity index (χ4n) is 3.41. The van der Waals surface area contributed by atoms with E-state index in [1.54, 1.807) is 52.0 Å². The number of aryl methyl sites for hydroxylation is 1. The van der Waals surface area contributed by atoms with E-state index < -0.39 is 54.0 Å². The second kappa shape index (κ2) is 15.2. The Morgan fingerprint density at radius 3 is 2.26 bits per heavy atom. The van der Waals surface area contributed by atoms with Crippen molar-refractivity contribution in [2.45, 2.75) is 71.6 Å². The molecule has 1 aromatic carbocycles. The molecular formula is C26H37N5O7. The lowest BCUT2D eigenvalue weighted by molar-refractivity contribution is -0.144.